The molecule has 4 atom stereocenters. The number of anilines is 2. The van der Waals surface area contributed by atoms with Crippen molar-refractivity contribution in [2.45, 2.75) is 97.2 Å². The molecule has 0 fully saturated rings. The second-order valence-corrected chi connectivity index (χ2v) is 16.2. The van der Waals surface area contributed by atoms with Crippen molar-refractivity contribution in [3.05, 3.63) is 81.6 Å². The molecule has 17 heteroatoms. The summed E-state index contributed by atoms with van der Waals surface area (Å²) in [4.78, 5) is 51.5. The topological polar surface area (TPSA) is 250 Å². The van der Waals surface area contributed by atoms with E-state index in [2.05, 4.69) is 27.5 Å². The molecule has 0 aliphatic carbocycles. The fourth-order valence-electron chi connectivity index (χ4n) is 6.33. The number of aromatic nitrogens is 2. The van der Waals surface area contributed by atoms with Crippen molar-refractivity contribution >= 4 is 41.1 Å². The number of carbonyl (C=O) groups excluding carboxylic acids is 3. The van der Waals surface area contributed by atoms with Crippen molar-refractivity contribution in [1.29, 1.82) is 0 Å². The molecule has 0 radical (unpaired) electrons. The van der Waals surface area contributed by atoms with Crippen molar-refractivity contribution in [1.82, 2.24) is 30.4 Å². The maximum Gasteiger partial charge on any atom is 0.410 e. The highest BCUT2D eigenvalue weighted by Gasteiger charge is 2.28. The molecule has 326 valence electrons. The van der Waals surface area contributed by atoms with Gasteiger partial charge in [0.25, 0.3) is 11.8 Å². The molecule has 0 unspecified atom stereocenters. The number of ether oxygens (including phenoxy) is 1. The van der Waals surface area contributed by atoms with Crippen molar-refractivity contribution in [3.8, 4) is 0 Å². The van der Waals surface area contributed by atoms with Gasteiger partial charge in [-0.25, -0.2) is 14.8 Å². The van der Waals surface area contributed by atoms with Gasteiger partial charge >= 0.3 is 6.09 Å². The lowest BCUT2D eigenvalue weighted by atomic mass is 9.95. The van der Waals surface area contributed by atoms with Gasteiger partial charge < -0.3 is 52.2 Å². The molecule has 0 bridgehead atoms. The Hall–Kier alpha value is -4.58. The molecule has 0 spiro atoms. The van der Waals surface area contributed by atoms with Crippen LogP contribution in [0.2, 0.25) is 5.15 Å². The molecule has 0 aliphatic heterocycles. The number of amides is 3. The first-order valence-electron chi connectivity index (χ1n) is 20.1. The highest BCUT2D eigenvalue weighted by molar-refractivity contribution is 6.31. The number of rotatable bonds is 23. The Morgan fingerprint density at radius 1 is 0.881 bits per heavy atom. The number of aliphatic hydroxyl groups excluding tert-OH is 4. The number of unbranched alkanes of at least 4 members (excludes halogenated alkanes) is 3. The predicted molar refractivity (Wildman–Crippen MR) is 228 cm³/mol. The van der Waals surface area contributed by atoms with Crippen LogP contribution in [0.3, 0.4) is 0 Å². The molecule has 1 aromatic heterocycles. The average molecular weight is 843 g/mol. The SMILES string of the molecule is CCCCCCN(CCNC(=O)c1ccc(CN(C[C@H](CNC(=O)c2nc(Cl)c(N)nc2N)Cc2ccccc2C)C(=O)OC(C)(C)C)cc1)C[C@H](O)[C@@H](O)[C@H](O)CO. The highest BCUT2D eigenvalue weighted by Crippen LogP contribution is 2.21. The first-order valence-corrected chi connectivity index (χ1v) is 20.4. The van der Waals surface area contributed by atoms with Crippen molar-refractivity contribution in [3.63, 3.8) is 0 Å². The fourth-order valence-corrected chi connectivity index (χ4v) is 6.45. The van der Waals surface area contributed by atoms with Crippen LogP contribution in [0, 0.1) is 12.8 Å². The van der Waals surface area contributed by atoms with Gasteiger partial charge in [0.1, 0.15) is 17.8 Å². The standard InChI is InChI=1S/C42H63ClN8O8/c1-6-7-8-11-19-50(25-32(53)35(55)33(54)26-52)20-18-46-39(56)30-16-14-28(15-17-30)23-51(41(58)59-42(3,4)5)24-29(21-31-13-10-9-12-27(31)2)22-47-40(57)34-37(44)49-38(45)36(43)48-34/h9-10,12-17,29,32-33,35,52-55H,6-8,11,18-26H2,1-5H3,(H,46,56)(H,47,57)(H4,44,45,49)/t29-,32-,33+,35+/m0/s1. The van der Waals surface area contributed by atoms with Crippen LogP contribution >= 0.6 is 11.6 Å². The number of hydrogen-bond donors (Lipinski definition) is 8. The van der Waals surface area contributed by atoms with E-state index in [-0.39, 0.29) is 67.0 Å². The molecular weight excluding hydrogens is 780 g/mol. The molecule has 3 rings (SSSR count). The largest absolute Gasteiger partial charge is 0.444 e. The molecule has 0 saturated heterocycles. The van der Waals surface area contributed by atoms with Gasteiger partial charge in [0.2, 0.25) is 0 Å². The van der Waals surface area contributed by atoms with Crippen LogP contribution < -0.4 is 22.1 Å². The maximum atomic E-state index is 13.7. The van der Waals surface area contributed by atoms with Gasteiger partial charge in [-0.3, -0.25) is 14.5 Å². The number of nitrogens with one attached hydrogen (secondary N) is 2. The molecule has 0 saturated carbocycles. The second-order valence-electron chi connectivity index (χ2n) is 15.8. The second kappa shape index (κ2) is 23.9. The van der Waals surface area contributed by atoms with E-state index < -0.39 is 42.5 Å². The lowest BCUT2D eigenvalue weighted by Crippen LogP contribution is -2.47. The predicted octanol–water partition coefficient (Wildman–Crippen LogP) is 3.32. The van der Waals surface area contributed by atoms with E-state index in [1.807, 2.05) is 36.1 Å². The van der Waals surface area contributed by atoms with Gasteiger partial charge in [0.15, 0.2) is 22.5 Å². The van der Waals surface area contributed by atoms with E-state index in [9.17, 15) is 34.8 Å². The minimum atomic E-state index is -1.51. The summed E-state index contributed by atoms with van der Waals surface area (Å²) in [5.41, 5.74) is 13.9. The van der Waals surface area contributed by atoms with Crippen molar-refractivity contribution in [2.75, 3.05) is 57.3 Å². The number of aryl methyl sites for hydroxylation is 1. The van der Waals surface area contributed by atoms with E-state index in [0.29, 0.717) is 25.1 Å². The van der Waals surface area contributed by atoms with Gasteiger partial charge in [0, 0.05) is 44.8 Å². The minimum Gasteiger partial charge on any atom is -0.444 e. The summed E-state index contributed by atoms with van der Waals surface area (Å²) in [6, 6.07) is 14.7. The third-order valence-corrected chi connectivity index (χ3v) is 9.90. The average Bonchev–Trinajstić information content (AvgIpc) is 3.19. The summed E-state index contributed by atoms with van der Waals surface area (Å²) >= 11 is 6.03. The van der Waals surface area contributed by atoms with Gasteiger partial charge in [-0.15, -0.1) is 0 Å². The number of nitrogens with zero attached hydrogens (tertiary/aromatic N) is 4. The number of benzene rings is 2. The van der Waals surface area contributed by atoms with Crippen molar-refractivity contribution < 1.29 is 39.5 Å². The van der Waals surface area contributed by atoms with Gasteiger partial charge in [-0.05, 0) is 81.8 Å². The zero-order valence-corrected chi connectivity index (χ0v) is 35.6. The molecule has 10 N–H and O–H groups in total. The minimum absolute atomic E-state index is 0.0576. The summed E-state index contributed by atoms with van der Waals surface area (Å²) in [6.07, 6.45) is -0.330. The normalized spacial score (nSPS) is 13.7. The maximum absolute atomic E-state index is 13.7. The van der Waals surface area contributed by atoms with E-state index in [0.717, 1.165) is 42.4 Å². The fraction of sp³-hybridized carbons (Fsp3) is 0.548. The molecule has 16 nitrogen and oxygen atoms in total. The molecule has 3 aromatic rings. The summed E-state index contributed by atoms with van der Waals surface area (Å²) in [7, 11) is 0. The Morgan fingerprint density at radius 3 is 2.22 bits per heavy atom. The van der Waals surface area contributed by atoms with Crippen LogP contribution in [0.15, 0.2) is 48.5 Å². The molecule has 1 heterocycles. The summed E-state index contributed by atoms with van der Waals surface area (Å²) in [5, 5.41) is 45.2. The Balaban J connectivity index is 1.75. The molecular formula is C42H63ClN8O8. The summed E-state index contributed by atoms with van der Waals surface area (Å²) < 4.78 is 5.82. The lowest BCUT2D eigenvalue weighted by Gasteiger charge is -2.31. The van der Waals surface area contributed by atoms with Crippen LogP contribution in [0.1, 0.15) is 90.9 Å². The number of nitrogen functional groups attached to an aromatic ring is 2. The van der Waals surface area contributed by atoms with E-state index in [1.165, 1.54) is 0 Å². The Morgan fingerprint density at radius 2 is 1.58 bits per heavy atom. The number of halogens is 1. The molecule has 2 aromatic carbocycles. The lowest BCUT2D eigenvalue weighted by molar-refractivity contribution is -0.0840. The number of carbonyl (C=O) groups is 3. The van der Waals surface area contributed by atoms with E-state index in [1.54, 1.807) is 49.9 Å². The smallest absolute Gasteiger partial charge is 0.410 e. The molecule has 59 heavy (non-hydrogen) atoms. The molecule has 0 aliphatic rings. The zero-order chi connectivity index (χ0) is 43.7. The van der Waals surface area contributed by atoms with Gasteiger partial charge in [-0.1, -0.05) is 74.2 Å². The monoisotopic (exact) mass is 842 g/mol. The first-order chi connectivity index (χ1) is 27.9. The number of hydrogen-bond acceptors (Lipinski definition) is 13. The Bertz CT molecular complexity index is 1800. The van der Waals surface area contributed by atoms with Crippen LogP contribution in [-0.2, 0) is 17.7 Å². The van der Waals surface area contributed by atoms with Crippen molar-refractivity contribution in [2.24, 2.45) is 5.92 Å². The van der Waals surface area contributed by atoms with Gasteiger partial charge in [0.05, 0.1) is 12.7 Å². The quantitative estimate of drug-likeness (QED) is 0.0640. The van der Waals surface area contributed by atoms with Gasteiger partial charge in [-0.2, -0.15) is 0 Å². The van der Waals surface area contributed by atoms with Crippen LogP contribution in [-0.4, -0.2) is 128 Å². The molecule has 3 amide bonds. The summed E-state index contributed by atoms with van der Waals surface area (Å²) in [5.74, 6) is -1.47. The van der Waals surface area contributed by atoms with Crippen LogP contribution in [0.5, 0.6) is 0 Å². The first kappa shape index (κ1) is 48.8. The third kappa shape index (κ3) is 16.5. The van der Waals surface area contributed by atoms with Crippen LogP contribution in [0.4, 0.5) is 16.4 Å². The van der Waals surface area contributed by atoms with Crippen LogP contribution in [0.25, 0.3) is 0 Å². The zero-order valence-electron chi connectivity index (χ0n) is 34.9. The Kier molecular flexibility index (Phi) is 19.7. The highest BCUT2D eigenvalue weighted by atomic mass is 35.5. The Labute approximate surface area is 352 Å². The number of aliphatic hydroxyl groups is 4. The van der Waals surface area contributed by atoms with E-state index >= 15 is 0 Å². The summed E-state index contributed by atoms with van der Waals surface area (Å²) in [6.45, 7) is 10.6. The third-order valence-electron chi connectivity index (χ3n) is 9.62. The number of nitrogens with two attached hydrogens (primary N) is 2. The van der Waals surface area contributed by atoms with E-state index in [4.69, 9.17) is 27.8 Å².